The van der Waals surface area contributed by atoms with Crippen molar-refractivity contribution in [2.75, 3.05) is 167 Å². The summed E-state index contributed by atoms with van der Waals surface area (Å²) in [5.41, 5.74) is 8.39. The van der Waals surface area contributed by atoms with Gasteiger partial charge in [-0.05, 0) is 92.7 Å². The number of nitrogens with one attached hydrogen (secondary N) is 3. The van der Waals surface area contributed by atoms with Gasteiger partial charge in [0.1, 0.15) is 88.5 Å². The van der Waals surface area contributed by atoms with E-state index in [0.29, 0.717) is 221 Å². The van der Waals surface area contributed by atoms with E-state index in [2.05, 4.69) is 78.8 Å². The van der Waals surface area contributed by atoms with E-state index < -0.39 is 36.4 Å². The number of carbonyl (C=O) groups excluding carboxylic acids is 9. The van der Waals surface area contributed by atoms with E-state index in [1.807, 2.05) is 18.2 Å². The first-order valence-electron chi connectivity index (χ1n) is 39.0. The van der Waals surface area contributed by atoms with Gasteiger partial charge < -0.3 is 57.8 Å². The van der Waals surface area contributed by atoms with Crippen LogP contribution in [0, 0.1) is 34.0 Å². The van der Waals surface area contributed by atoms with Crippen LogP contribution < -0.4 is 45.3 Å². The van der Waals surface area contributed by atoms with E-state index in [-0.39, 0.29) is 72.7 Å². The van der Waals surface area contributed by atoms with E-state index in [0.717, 1.165) is 55.6 Å². The number of nitriles is 3. The zero-order valence-corrected chi connectivity index (χ0v) is 66.2. The zero-order valence-electron chi connectivity index (χ0n) is 66.2. The molecule has 0 saturated carbocycles. The Bertz CT molecular complexity index is 4460. The lowest BCUT2D eigenvalue weighted by atomic mass is 10.0. The number of nitrogens with zero attached hydrogens (tertiary/aromatic N) is 18. The Morgan fingerprint density at radius 1 is 0.410 bits per heavy atom. The van der Waals surface area contributed by atoms with Crippen LogP contribution in [0.4, 0.5) is 66.4 Å². The predicted octanol–water partition coefficient (Wildman–Crippen LogP) is 6.35. The Morgan fingerprint density at radius 2 is 0.692 bits per heavy atom. The molecule has 6 aromatic heterocycles. The zero-order chi connectivity index (χ0) is 82.6. The fourth-order valence-electron chi connectivity index (χ4n) is 16.4. The number of ether oxygens (including phenoxy) is 6. The number of methoxy groups -OCH3 is 6. The molecule has 6 atom stereocenters. The van der Waals surface area contributed by atoms with Gasteiger partial charge in [0.05, 0.1) is 52.1 Å². The van der Waals surface area contributed by atoms with Gasteiger partial charge in [0.25, 0.3) is 17.7 Å². The van der Waals surface area contributed by atoms with Crippen LogP contribution in [0.5, 0.6) is 0 Å². The molecule has 3 unspecified atom stereocenters. The van der Waals surface area contributed by atoms with Crippen LogP contribution in [0.2, 0.25) is 0 Å². The lowest BCUT2D eigenvalue weighted by Crippen LogP contribution is -2.40. The minimum atomic E-state index is -0.460. The molecular weight excluding hydrogens is 1510 g/mol. The summed E-state index contributed by atoms with van der Waals surface area (Å²) >= 11 is 0. The number of anilines is 9. The van der Waals surface area contributed by atoms with Crippen LogP contribution >= 0.6 is 0 Å². The molecule has 0 aromatic carbocycles. The summed E-state index contributed by atoms with van der Waals surface area (Å²) in [5, 5.41) is 37.2. The molecule has 117 heavy (non-hydrogen) atoms. The highest BCUT2D eigenvalue weighted by Gasteiger charge is 2.39. The van der Waals surface area contributed by atoms with Gasteiger partial charge in [-0.15, -0.1) is 0 Å². The van der Waals surface area contributed by atoms with Crippen molar-refractivity contribution in [3.8, 4) is 18.2 Å². The monoisotopic (exact) mass is 1600 g/mol. The van der Waals surface area contributed by atoms with Gasteiger partial charge in [0.15, 0.2) is 18.9 Å². The van der Waals surface area contributed by atoms with Crippen molar-refractivity contribution in [2.45, 2.75) is 133 Å². The van der Waals surface area contributed by atoms with Crippen molar-refractivity contribution < 1.29 is 71.6 Å². The first kappa shape index (κ1) is 82.7. The minimum Gasteiger partial charge on any atom is -0.380 e. The fourth-order valence-corrected chi connectivity index (χ4v) is 16.4. The number of pyridine rings is 6. The molecule has 36 nitrogen and oxygen atoms in total. The summed E-state index contributed by atoms with van der Waals surface area (Å²) in [6, 6.07) is 16.0. The topological polar surface area (TPSA) is 423 Å². The summed E-state index contributed by atoms with van der Waals surface area (Å²) in [5.74, 6) is 1.89. The molecule has 6 fully saturated rings. The Balaban J connectivity index is 0.000000152. The van der Waals surface area contributed by atoms with Crippen LogP contribution in [0.25, 0.3) is 0 Å². The van der Waals surface area contributed by atoms with Crippen molar-refractivity contribution in [2.24, 2.45) is 0 Å². The second kappa shape index (κ2) is 37.6. The average molecular weight is 1600 g/mol. The minimum absolute atomic E-state index is 0.0839. The number of likely N-dealkylation sites (tertiary alicyclic amines) is 3. The number of aromatic nitrogens is 6. The number of fused-ring (bicyclic) bond motifs is 3. The highest BCUT2D eigenvalue weighted by Crippen LogP contribution is 2.37. The number of carbonyl (C=O) groups is 9. The van der Waals surface area contributed by atoms with Gasteiger partial charge in [0, 0.05) is 214 Å². The van der Waals surface area contributed by atoms with Gasteiger partial charge in [0.2, 0.25) is 0 Å². The van der Waals surface area contributed by atoms with Gasteiger partial charge in [-0.25, -0.2) is 44.3 Å². The van der Waals surface area contributed by atoms with Crippen molar-refractivity contribution in [1.29, 1.82) is 15.8 Å². The molecule has 15 rings (SSSR count). The Hall–Kier alpha value is -12.2. The lowest BCUT2D eigenvalue weighted by Gasteiger charge is -2.29. The number of urea groups is 3. The molecule has 0 aliphatic carbocycles. The van der Waals surface area contributed by atoms with E-state index in [4.69, 9.17) is 28.4 Å². The molecule has 6 saturated heterocycles. The number of rotatable bonds is 21. The SMILES string of the molecule is COC1CCN(Cc2cc3c(nc2C=O)N(C(=O)Nc2cc(N4CC[C@@H](OC)C4)c(C#N)cn2)CCC3)C1=O.COC1CCN(c2cc(NC(=O)N3CCCc4cc(CN5CCC(OC)C5=O)c(C=O)nc43)ncc2C#N)C1.CO[C@H]1CCN(c2cc(NC(=O)N3CCCc4cc(CN5CC[C@H](OC)C5=O)c(C=O)nc43)ncc2C#N)C1. The number of aldehydes is 3. The highest BCUT2D eigenvalue weighted by atomic mass is 16.5. The second-order valence-electron chi connectivity index (χ2n) is 29.6. The maximum absolute atomic E-state index is 13.4. The summed E-state index contributed by atoms with van der Waals surface area (Å²) in [6.07, 6.45) is 13.8. The molecule has 0 radical (unpaired) electrons. The van der Waals surface area contributed by atoms with Crippen LogP contribution in [-0.4, -0.2) is 257 Å². The molecule has 9 aliphatic heterocycles. The molecule has 6 aromatic rings. The molecule has 36 heteroatoms. The summed E-state index contributed by atoms with van der Waals surface area (Å²) in [7, 11) is 9.55. The standard InChI is InChI=1S/3C27H31N7O5/c3*1-38-20-5-8-32(15-20)22-11-24(29-13-19(22)12-28)31-27(37)34-7-3-4-17-10-18(21(16-35)30-25(17)34)14-33-9-6-23(39-2)26(33)36/h3*10-11,13,16,20,23H,3-9,14-15H2,1-2H3,(H,29,31,37)/t20-,23?;20-,23-;/m10./s1. The van der Waals surface area contributed by atoms with E-state index >= 15 is 0 Å². The lowest BCUT2D eigenvalue weighted by molar-refractivity contribution is -0.137. The van der Waals surface area contributed by atoms with E-state index in [1.54, 1.807) is 54.2 Å². The molecule has 9 aliphatic rings. The normalized spacial score (nSPS) is 20.6. The van der Waals surface area contributed by atoms with Crippen molar-refractivity contribution in [1.82, 2.24) is 44.6 Å². The van der Waals surface area contributed by atoms with Crippen molar-refractivity contribution >= 4 is 107 Å². The number of aryl methyl sites for hydroxylation is 3. The van der Waals surface area contributed by atoms with E-state index in [1.165, 1.54) is 54.6 Å². The Morgan fingerprint density at radius 3 is 0.923 bits per heavy atom. The smallest absolute Gasteiger partial charge is 0.328 e. The van der Waals surface area contributed by atoms with Crippen LogP contribution in [0.3, 0.4) is 0 Å². The largest absolute Gasteiger partial charge is 0.380 e. The third-order valence-corrected chi connectivity index (χ3v) is 22.7. The van der Waals surface area contributed by atoms with Crippen molar-refractivity contribution in [3.63, 3.8) is 0 Å². The molecule has 0 bridgehead atoms. The predicted molar refractivity (Wildman–Crippen MR) is 425 cm³/mol. The van der Waals surface area contributed by atoms with Gasteiger partial charge in [-0.3, -0.25) is 59.4 Å². The molecule has 9 amide bonds. The number of hydrogen-bond acceptors (Lipinski definition) is 27. The highest BCUT2D eigenvalue weighted by molar-refractivity contribution is 6.04. The number of amides is 9. The first-order chi connectivity index (χ1) is 56.8. The molecular formula is C81H93N21O15. The third kappa shape index (κ3) is 18.2. The molecule has 15 heterocycles. The van der Waals surface area contributed by atoms with Crippen LogP contribution in [0.15, 0.2) is 55.0 Å². The third-order valence-electron chi connectivity index (χ3n) is 22.7. The van der Waals surface area contributed by atoms with Gasteiger partial charge >= 0.3 is 18.1 Å². The van der Waals surface area contributed by atoms with Crippen LogP contribution in [0.1, 0.15) is 139 Å². The summed E-state index contributed by atoms with van der Waals surface area (Å²) in [4.78, 5) is 156. The first-order valence-corrected chi connectivity index (χ1v) is 39.0. The summed E-state index contributed by atoms with van der Waals surface area (Å²) in [6.45, 7) is 7.86. The molecule has 0 spiro atoms. The number of hydrogen-bond donors (Lipinski definition) is 3. The Kier molecular flexibility index (Phi) is 26.6. The average Bonchev–Trinajstić information content (AvgIpc) is 0.866. The van der Waals surface area contributed by atoms with Crippen LogP contribution in [-0.2, 0) is 81.7 Å². The van der Waals surface area contributed by atoms with E-state index in [9.17, 15) is 58.9 Å². The van der Waals surface area contributed by atoms with Gasteiger partial charge in [-0.2, -0.15) is 15.8 Å². The molecule has 3 N–H and O–H groups in total. The Labute approximate surface area is 675 Å². The quantitative estimate of drug-likeness (QED) is 0.0660. The maximum atomic E-state index is 13.4. The fraction of sp³-hybridized carbons (Fsp3) is 0.481. The maximum Gasteiger partial charge on any atom is 0.328 e. The summed E-state index contributed by atoms with van der Waals surface area (Å²) < 4.78 is 32.0. The van der Waals surface area contributed by atoms with Crippen molar-refractivity contribution in [3.05, 3.63) is 122 Å². The molecule has 612 valence electrons. The second-order valence-corrected chi connectivity index (χ2v) is 29.6. The van der Waals surface area contributed by atoms with Gasteiger partial charge in [-0.1, -0.05) is 0 Å².